The van der Waals surface area contributed by atoms with Gasteiger partial charge in [0.25, 0.3) is 5.56 Å². The summed E-state index contributed by atoms with van der Waals surface area (Å²) in [6, 6.07) is 14.7. The Hall–Kier alpha value is -2.86. The van der Waals surface area contributed by atoms with Crippen LogP contribution in [0.15, 0.2) is 53.5 Å². The number of anilines is 1. The normalized spacial score (nSPS) is 17.3. The monoisotopic (exact) mass is 389 g/mol. The molecule has 150 valence electrons. The second-order valence-corrected chi connectivity index (χ2v) is 8.04. The number of fused-ring (bicyclic) bond motifs is 1. The summed E-state index contributed by atoms with van der Waals surface area (Å²) >= 11 is 0. The summed E-state index contributed by atoms with van der Waals surface area (Å²) < 4.78 is 1.61. The zero-order valence-electron chi connectivity index (χ0n) is 16.7. The summed E-state index contributed by atoms with van der Waals surface area (Å²) in [4.78, 5) is 22.1. The zero-order valence-corrected chi connectivity index (χ0v) is 16.7. The maximum Gasteiger partial charge on any atom is 0.276 e. The van der Waals surface area contributed by atoms with Crippen LogP contribution >= 0.6 is 0 Å². The lowest BCUT2D eigenvalue weighted by molar-refractivity contribution is 0.250. The predicted octanol–water partition coefficient (Wildman–Crippen LogP) is 2.76. The Bertz CT molecular complexity index is 1010. The zero-order chi connectivity index (χ0) is 19.6. The number of aromatic nitrogens is 3. The van der Waals surface area contributed by atoms with Gasteiger partial charge in [0.05, 0.1) is 11.9 Å². The molecule has 1 N–H and O–H groups in total. The van der Waals surface area contributed by atoms with E-state index in [0.717, 1.165) is 75.4 Å². The molecule has 1 fully saturated rings. The second kappa shape index (κ2) is 7.87. The van der Waals surface area contributed by atoms with Gasteiger partial charge in [-0.3, -0.25) is 14.8 Å². The molecule has 0 atom stereocenters. The van der Waals surface area contributed by atoms with Crippen molar-refractivity contribution in [3.8, 4) is 5.82 Å². The Morgan fingerprint density at radius 1 is 0.931 bits per heavy atom. The van der Waals surface area contributed by atoms with Crippen LogP contribution in [0.2, 0.25) is 0 Å². The van der Waals surface area contributed by atoms with Crippen molar-refractivity contribution in [2.75, 3.05) is 31.1 Å². The number of aryl methyl sites for hydroxylation is 1. The van der Waals surface area contributed by atoms with Crippen molar-refractivity contribution < 1.29 is 0 Å². The van der Waals surface area contributed by atoms with Crippen LogP contribution < -0.4 is 10.5 Å². The smallest absolute Gasteiger partial charge is 0.276 e. The standard InChI is InChI=1S/C23H27N5O/c29-23-20-8-4-5-9-21(20)25-28(23)22-11-10-19(16-24-22)27-14-12-26(13-15-27)17-18-6-2-1-3-7-18/h1-3,6-7,10-11,16,25H,4-5,8-9,12-15,17H2. The number of pyridine rings is 1. The first kappa shape index (κ1) is 18.2. The Morgan fingerprint density at radius 3 is 2.45 bits per heavy atom. The first-order valence-electron chi connectivity index (χ1n) is 10.6. The number of aromatic amines is 1. The van der Waals surface area contributed by atoms with Crippen LogP contribution in [0, 0.1) is 0 Å². The third-order valence-electron chi connectivity index (χ3n) is 6.12. The summed E-state index contributed by atoms with van der Waals surface area (Å²) in [5, 5.41) is 3.27. The number of hydrogen-bond acceptors (Lipinski definition) is 4. The number of H-pyrrole nitrogens is 1. The SMILES string of the molecule is O=c1c2c([nH]n1-c1ccc(N3CCN(Cc4ccccc4)CC3)cn1)CCCC2. The van der Waals surface area contributed by atoms with Crippen LogP contribution in [0.1, 0.15) is 29.7 Å². The van der Waals surface area contributed by atoms with Gasteiger partial charge >= 0.3 is 0 Å². The fourth-order valence-corrected chi connectivity index (χ4v) is 4.45. The molecule has 1 aliphatic carbocycles. The van der Waals surface area contributed by atoms with Crippen LogP contribution in [0.4, 0.5) is 5.69 Å². The van der Waals surface area contributed by atoms with E-state index >= 15 is 0 Å². The highest BCUT2D eigenvalue weighted by Gasteiger charge is 2.20. The van der Waals surface area contributed by atoms with Crippen LogP contribution in [-0.2, 0) is 19.4 Å². The Kier molecular flexibility index (Phi) is 4.94. The summed E-state index contributed by atoms with van der Waals surface area (Å²) in [6.45, 7) is 5.07. The van der Waals surface area contributed by atoms with E-state index in [9.17, 15) is 4.79 Å². The lowest BCUT2D eigenvalue weighted by atomic mass is 9.98. The summed E-state index contributed by atoms with van der Waals surface area (Å²) in [5.74, 6) is 0.677. The highest BCUT2D eigenvalue weighted by molar-refractivity contribution is 5.47. The number of piperazine rings is 1. The first-order chi connectivity index (χ1) is 14.3. The molecule has 3 aromatic rings. The minimum absolute atomic E-state index is 0.0643. The molecular weight excluding hydrogens is 362 g/mol. The van der Waals surface area contributed by atoms with E-state index < -0.39 is 0 Å². The average molecular weight is 390 g/mol. The van der Waals surface area contributed by atoms with Gasteiger partial charge in [0.1, 0.15) is 0 Å². The van der Waals surface area contributed by atoms with Crippen molar-refractivity contribution in [2.24, 2.45) is 0 Å². The van der Waals surface area contributed by atoms with Crippen LogP contribution in [0.3, 0.4) is 0 Å². The molecule has 0 saturated carbocycles. The molecule has 29 heavy (non-hydrogen) atoms. The fourth-order valence-electron chi connectivity index (χ4n) is 4.45. The summed E-state index contributed by atoms with van der Waals surface area (Å²) in [7, 11) is 0. The summed E-state index contributed by atoms with van der Waals surface area (Å²) in [5.41, 5.74) is 4.58. The molecule has 0 bridgehead atoms. The first-order valence-corrected chi connectivity index (χ1v) is 10.6. The van der Waals surface area contributed by atoms with Gasteiger partial charge in [0.15, 0.2) is 5.82 Å². The van der Waals surface area contributed by atoms with E-state index in [1.54, 1.807) is 4.68 Å². The molecule has 0 radical (unpaired) electrons. The number of hydrogen-bond donors (Lipinski definition) is 1. The van der Waals surface area contributed by atoms with E-state index in [0.29, 0.717) is 5.82 Å². The van der Waals surface area contributed by atoms with E-state index in [2.05, 4.69) is 56.3 Å². The highest BCUT2D eigenvalue weighted by Crippen LogP contribution is 2.20. The second-order valence-electron chi connectivity index (χ2n) is 8.04. The molecule has 1 saturated heterocycles. The van der Waals surface area contributed by atoms with Crippen molar-refractivity contribution in [2.45, 2.75) is 32.2 Å². The molecule has 0 spiro atoms. The molecule has 6 heteroatoms. The predicted molar refractivity (Wildman–Crippen MR) is 115 cm³/mol. The molecule has 1 aromatic carbocycles. The van der Waals surface area contributed by atoms with Gasteiger partial charge in [-0.15, -0.1) is 0 Å². The van der Waals surface area contributed by atoms with Crippen molar-refractivity contribution in [3.63, 3.8) is 0 Å². The summed E-state index contributed by atoms with van der Waals surface area (Å²) in [6.07, 6.45) is 5.98. The maximum atomic E-state index is 12.7. The van der Waals surface area contributed by atoms with Crippen molar-refractivity contribution in [1.82, 2.24) is 19.7 Å². The molecule has 0 unspecified atom stereocenters. The van der Waals surface area contributed by atoms with E-state index in [4.69, 9.17) is 0 Å². The minimum Gasteiger partial charge on any atom is -0.368 e. The Balaban J connectivity index is 1.25. The van der Waals surface area contributed by atoms with Gasteiger partial charge in [0, 0.05) is 44.0 Å². The Labute approximate surface area is 170 Å². The number of nitrogens with one attached hydrogen (secondary N) is 1. The molecule has 6 nitrogen and oxygen atoms in total. The van der Waals surface area contributed by atoms with Gasteiger partial charge in [-0.05, 0) is 43.4 Å². The molecule has 3 heterocycles. The topological polar surface area (TPSA) is 57.2 Å². The van der Waals surface area contributed by atoms with Gasteiger partial charge in [0.2, 0.25) is 0 Å². The quantitative estimate of drug-likeness (QED) is 0.746. The third kappa shape index (κ3) is 3.72. The number of benzene rings is 1. The number of rotatable bonds is 4. The van der Waals surface area contributed by atoms with Gasteiger partial charge in [-0.2, -0.15) is 0 Å². The van der Waals surface area contributed by atoms with E-state index in [1.165, 1.54) is 5.56 Å². The molecule has 0 amide bonds. The minimum atomic E-state index is 0.0643. The number of nitrogens with zero attached hydrogens (tertiary/aromatic N) is 4. The highest BCUT2D eigenvalue weighted by atomic mass is 16.1. The van der Waals surface area contributed by atoms with Gasteiger partial charge < -0.3 is 4.90 Å². The maximum absolute atomic E-state index is 12.7. The molecule has 1 aliphatic heterocycles. The molecule has 5 rings (SSSR count). The Morgan fingerprint density at radius 2 is 1.72 bits per heavy atom. The van der Waals surface area contributed by atoms with Crippen molar-refractivity contribution >= 4 is 5.69 Å². The lowest BCUT2D eigenvalue weighted by Crippen LogP contribution is -2.46. The molecule has 2 aromatic heterocycles. The third-order valence-corrected chi connectivity index (χ3v) is 6.12. The molecular formula is C23H27N5O. The van der Waals surface area contributed by atoms with E-state index in [1.807, 2.05) is 12.3 Å². The largest absolute Gasteiger partial charge is 0.368 e. The van der Waals surface area contributed by atoms with Crippen LogP contribution in [-0.4, -0.2) is 45.8 Å². The fraction of sp³-hybridized carbons (Fsp3) is 0.391. The average Bonchev–Trinajstić information content (AvgIpc) is 3.12. The van der Waals surface area contributed by atoms with Gasteiger partial charge in [-0.25, -0.2) is 9.67 Å². The van der Waals surface area contributed by atoms with Crippen LogP contribution in [0.25, 0.3) is 5.82 Å². The van der Waals surface area contributed by atoms with E-state index in [-0.39, 0.29) is 5.56 Å². The van der Waals surface area contributed by atoms with Crippen molar-refractivity contribution in [3.05, 3.63) is 75.8 Å². The van der Waals surface area contributed by atoms with Crippen molar-refractivity contribution in [1.29, 1.82) is 0 Å². The molecule has 2 aliphatic rings. The van der Waals surface area contributed by atoms with Gasteiger partial charge in [-0.1, -0.05) is 30.3 Å². The van der Waals surface area contributed by atoms with Crippen LogP contribution in [0.5, 0.6) is 0 Å². The lowest BCUT2D eigenvalue weighted by Gasteiger charge is -2.36.